The minimum atomic E-state index is -1.09. The second-order valence-corrected chi connectivity index (χ2v) is 1.81. The Morgan fingerprint density at radius 1 is 1.00 bits per heavy atom. The fourth-order valence-electron chi connectivity index (χ4n) is 0.569. The van der Waals surface area contributed by atoms with Crippen molar-refractivity contribution >= 4 is 11.9 Å². The largest absolute Gasteiger partial charge is 0.478 e. The summed E-state index contributed by atoms with van der Waals surface area (Å²) in [6, 6.07) is 0. The zero-order valence-electron chi connectivity index (χ0n) is 4.87. The first-order chi connectivity index (χ1) is 4.61. The van der Waals surface area contributed by atoms with E-state index in [1.807, 2.05) is 0 Å². The molecule has 0 heterocycles. The van der Waals surface area contributed by atoms with E-state index in [-0.39, 0.29) is 11.1 Å². The summed E-state index contributed by atoms with van der Waals surface area (Å²) in [4.78, 5) is 20.1. The van der Waals surface area contributed by atoms with Gasteiger partial charge < -0.3 is 10.2 Å². The summed E-state index contributed by atoms with van der Waals surface area (Å²) in [6.07, 6.45) is 2.23. The highest BCUT2D eigenvalue weighted by Gasteiger charge is 2.18. The van der Waals surface area contributed by atoms with Crippen molar-refractivity contribution in [1.82, 2.24) is 0 Å². The molecular weight excluding hydrogens is 136 g/mol. The summed E-state index contributed by atoms with van der Waals surface area (Å²) in [6.45, 7) is 0. The number of hydrogen-bond donors (Lipinski definition) is 2. The summed E-state index contributed by atoms with van der Waals surface area (Å²) in [5, 5.41) is 16.5. The summed E-state index contributed by atoms with van der Waals surface area (Å²) >= 11 is 0. The molecule has 52 valence electrons. The Bertz CT molecular complexity index is 225. The van der Waals surface area contributed by atoms with Gasteiger partial charge in [0, 0.05) is 0 Å². The third-order valence-electron chi connectivity index (χ3n) is 1.12. The Morgan fingerprint density at radius 3 is 1.50 bits per heavy atom. The molecule has 0 radical (unpaired) electrons. The first-order valence-electron chi connectivity index (χ1n) is 2.51. The maximum absolute atomic E-state index is 10.0. The minimum Gasteiger partial charge on any atom is -0.478 e. The molecule has 0 fully saturated rings. The Hall–Kier alpha value is -1.58. The van der Waals surface area contributed by atoms with Crippen molar-refractivity contribution in [3.8, 4) is 0 Å². The van der Waals surface area contributed by atoms with Gasteiger partial charge in [-0.15, -0.1) is 0 Å². The van der Waals surface area contributed by atoms with Crippen molar-refractivity contribution in [3.63, 3.8) is 0 Å². The summed E-state index contributed by atoms with van der Waals surface area (Å²) in [5.74, 6) is -2.19. The normalized spacial score (nSPS) is 14.8. The fourth-order valence-corrected chi connectivity index (χ4v) is 0.569. The van der Waals surface area contributed by atoms with E-state index in [0.29, 0.717) is 0 Å². The zero-order valence-corrected chi connectivity index (χ0v) is 4.87. The zero-order chi connectivity index (χ0) is 7.72. The first-order valence-corrected chi connectivity index (χ1v) is 2.51. The smallest absolute Gasteiger partial charge is 0.335 e. The van der Waals surface area contributed by atoms with Crippen LogP contribution in [0.25, 0.3) is 0 Å². The number of hydrogen-bond acceptors (Lipinski definition) is 2. The van der Waals surface area contributed by atoms with Crippen LogP contribution in [0.2, 0.25) is 0 Å². The lowest BCUT2D eigenvalue weighted by molar-refractivity contribution is -0.132. The third kappa shape index (κ3) is 0.907. The van der Waals surface area contributed by atoms with Gasteiger partial charge in [-0.2, -0.15) is 0 Å². The molecule has 4 nitrogen and oxygen atoms in total. The molecule has 0 aromatic rings. The van der Waals surface area contributed by atoms with Crippen LogP contribution in [0.5, 0.6) is 0 Å². The van der Waals surface area contributed by atoms with Gasteiger partial charge >= 0.3 is 11.9 Å². The third-order valence-corrected chi connectivity index (χ3v) is 1.12. The second-order valence-electron chi connectivity index (χ2n) is 1.81. The van der Waals surface area contributed by atoms with Crippen molar-refractivity contribution in [2.75, 3.05) is 0 Å². The highest BCUT2D eigenvalue weighted by molar-refractivity contribution is 6.03. The lowest BCUT2D eigenvalue weighted by atomic mass is 10.00. The van der Waals surface area contributed by atoms with E-state index in [1.165, 1.54) is 0 Å². The van der Waals surface area contributed by atoms with Crippen LogP contribution in [0.1, 0.15) is 0 Å². The van der Waals surface area contributed by atoms with Crippen LogP contribution < -0.4 is 0 Å². The maximum Gasteiger partial charge on any atom is 0.335 e. The van der Waals surface area contributed by atoms with E-state index in [0.717, 1.165) is 12.2 Å². The van der Waals surface area contributed by atoms with Crippen LogP contribution in [-0.2, 0) is 9.59 Å². The average Bonchev–Trinajstić information content (AvgIpc) is 1.56. The average molecular weight is 140 g/mol. The summed E-state index contributed by atoms with van der Waals surface area (Å²) in [5.41, 5.74) is 0.0785. The molecule has 1 rings (SSSR count). The number of rotatable bonds is 2. The molecule has 0 unspecified atom stereocenters. The standard InChI is InChI=1S/C6H4O4/c7-5(8)3-1-4(2-3)6(9)10/h1-2H,(H,7,8)(H,9,10). The van der Waals surface area contributed by atoms with Crippen LogP contribution in [-0.4, -0.2) is 22.2 Å². The summed E-state index contributed by atoms with van der Waals surface area (Å²) < 4.78 is 0. The van der Waals surface area contributed by atoms with Crippen molar-refractivity contribution in [3.05, 3.63) is 23.3 Å². The molecule has 0 spiro atoms. The predicted octanol–water partition coefficient (Wildman–Crippen LogP) is 0.0220. The van der Waals surface area contributed by atoms with Gasteiger partial charge in [-0.05, 0) is 12.2 Å². The lowest BCUT2D eigenvalue weighted by Gasteiger charge is -2.05. The molecule has 1 aliphatic carbocycles. The molecule has 0 saturated carbocycles. The van der Waals surface area contributed by atoms with Crippen molar-refractivity contribution < 1.29 is 19.8 Å². The molecule has 0 aliphatic heterocycles. The van der Waals surface area contributed by atoms with Crippen molar-refractivity contribution in [1.29, 1.82) is 0 Å². The monoisotopic (exact) mass is 140 g/mol. The van der Waals surface area contributed by atoms with Crippen LogP contribution in [0, 0.1) is 0 Å². The fraction of sp³-hybridized carbons (Fsp3) is 0. The minimum absolute atomic E-state index is 0.0393. The van der Waals surface area contributed by atoms with Crippen LogP contribution in [0.4, 0.5) is 0 Å². The van der Waals surface area contributed by atoms with Gasteiger partial charge in [-0.3, -0.25) is 0 Å². The number of aliphatic carboxylic acids is 2. The number of carbonyl (C=O) groups is 2. The van der Waals surface area contributed by atoms with Crippen LogP contribution in [0.15, 0.2) is 23.3 Å². The number of carboxylic acid groups (broad SMARTS) is 2. The van der Waals surface area contributed by atoms with E-state index in [1.54, 1.807) is 0 Å². The van der Waals surface area contributed by atoms with Crippen LogP contribution >= 0.6 is 0 Å². The Labute approximate surface area is 56.1 Å². The molecule has 0 amide bonds. The van der Waals surface area contributed by atoms with Gasteiger partial charge in [-0.1, -0.05) is 0 Å². The molecule has 0 bridgehead atoms. The molecular formula is C6H4O4. The molecule has 0 aromatic carbocycles. The van der Waals surface area contributed by atoms with E-state index in [9.17, 15) is 9.59 Å². The highest BCUT2D eigenvalue weighted by Crippen LogP contribution is 2.16. The molecule has 2 N–H and O–H groups in total. The van der Waals surface area contributed by atoms with E-state index >= 15 is 0 Å². The Balaban J connectivity index is 2.62. The van der Waals surface area contributed by atoms with Gasteiger partial charge in [0.25, 0.3) is 0 Å². The molecule has 10 heavy (non-hydrogen) atoms. The number of carboxylic acids is 2. The topological polar surface area (TPSA) is 74.6 Å². The lowest BCUT2D eigenvalue weighted by Crippen LogP contribution is -2.11. The second kappa shape index (κ2) is 1.98. The quantitative estimate of drug-likeness (QED) is 0.567. The molecule has 0 saturated heterocycles. The van der Waals surface area contributed by atoms with E-state index in [4.69, 9.17) is 10.2 Å². The van der Waals surface area contributed by atoms with E-state index < -0.39 is 11.9 Å². The van der Waals surface area contributed by atoms with Gasteiger partial charge in [-0.25, -0.2) is 9.59 Å². The highest BCUT2D eigenvalue weighted by atomic mass is 16.4. The van der Waals surface area contributed by atoms with Crippen molar-refractivity contribution in [2.45, 2.75) is 0 Å². The molecule has 1 aliphatic rings. The van der Waals surface area contributed by atoms with Crippen LogP contribution in [0.3, 0.4) is 0 Å². The summed E-state index contributed by atoms with van der Waals surface area (Å²) in [7, 11) is 0. The maximum atomic E-state index is 10.0. The molecule has 0 atom stereocenters. The van der Waals surface area contributed by atoms with Gasteiger partial charge in [0.1, 0.15) is 0 Å². The molecule has 4 heteroatoms. The Kier molecular flexibility index (Phi) is 1.30. The molecule has 0 aromatic heterocycles. The Morgan fingerprint density at radius 2 is 1.30 bits per heavy atom. The predicted molar refractivity (Wildman–Crippen MR) is 31.4 cm³/mol. The first kappa shape index (κ1) is 6.54. The van der Waals surface area contributed by atoms with E-state index in [2.05, 4.69) is 0 Å². The SMILES string of the molecule is O=C(O)C1=CC(C(=O)O)=C1. The van der Waals surface area contributed by atoms with Gasteiger partial charge in [0.15, 0.2) is 0 Å². The van der Waals surface area contributed by atoms with Gasteiger partial charge in [0.2, 0.25) is 0 Å². The van der Waals surface area contributed by atoms with Gasteiger partial charge in [0.05, 0.1) is 11.1 Å². The van der Waals surface area contributed by atoms with Crippen molar-refractivity contribution in [2.24, 2.45) is 0 Å².